The molecule has 2 unspecified atom stereocenters. The van der Waals surface area contributed by atoms with E-state index in [1.165, 1.54) is 20.0 Å². The van der Waals surface area contributed by atoms with E-state index in [1.807, 2.05) is 0 Å². The molecule has 6 atom stereocenters. The van der Waals surface area contributed by atoms with Crippen molar-refractivity contribution in [2.75, 3.05) is 6.61 Å². The molecule has 1 aromatic heterocycles. The third-order valence-corrected chi connectivity index (χ3v) is 7.01. The van der Waals surface area contributed by atoms with Crippen LogP contribution in [-0.2, 0) is 23.4 Å². The van der Waals surface area contributed by atoms with Crippen molar-refractivity contribution in [1.82, 2.24) is 14.6 Å². The predicted octanol–water partition coefficient (Wildman–Crippen LogP) is 0.646. The molecule has 0 spiro atoms. The number of aliphatic hydroxyl groups is 1. The quantitative estimate of drug-likeness (QED) is 0.252. The summed E-state index contributed by atoms with van der Waals surface area (Å²) >= 11 is 0. The van der Waals surface area contributed by atoms with E-state index in [9.17, 15) is 24.1 Å². The van der Waals surface area contributed by atoms with Gasteiger partial charge < -0.3 is 24.8 Å². The standard InChI is InChI=1S/C22H31N4O9P/c1-13(2)33-19(29)14(3)25-36(31,35-15-8-6-5-7-9-15)32-12-16-18(28)22(4,23)20(34-16)26-11-10-17(27)24-21(26)30/h5-11,13-14,16,18,20,28H,12,23H2,1-4H3,(H,25,31)(H,24,27,30)/t14-,16+,18+,20+,22?,36?/m0/s1. The number of para-hydroxylation sites is 1. The minimum Gasteiger partial charge on any atom is -0.462 e. The molecule has 1 aliphatic heterocycles. The number of rotatable bonds is 10. The van der Waals surface area contributed by atoms with Gasteiger partial charge in [0.05, 0.1) is 18.2 Å². The summed E-state index contributed by atoms with van der Waals surface area (Å²) in [6, 6.07) is 8.19. The van der Waals surface area contributed by atoms with Gasteiger partial charge in [-0.15, -0.1) is 0 Å². The maximum absolute atomic E-state index is 13.6. The zero-order valence-corrected chi connectivity index (χ0v) is 21.2. The summed E-state index contributed by atoms with van der Waals surface area (Å²) in [6.45, 7) is 5.77. The Morgan fingerprint density at radius 1 is 1.28 bits per heavy atom. The van der Waals surface area contributed by atoms with Crippen LogP contribution in [0.15, 0.2) is 52.2 Å². The van der Waals surface area contributed by atoms with Crippen molar-refractivity contribution in [2.45, 2.75) is 63.8 Å². The van der Waals surface area contributed by atoms with E-state index >= 15 is 0 Å². The summed E-state index contributed by atoms with van der Waals surface area (Å²) in [5.41, 5.74) is 3.39. The van der Waals surface area contributed by atoms with E-state index in [1.54, 1.807) is 44.2 Å². The van der Waals surface area contributed by atoms with Gasteiger partial charge in [0.15, 0.2) is 6.23 Å². The molecule has 5 N–H and O–H groups in total. The summed E-state index contributed by atoms with van der Waals surface area (Å²) in [6.07, 6.45) is -2.88. The molecule has 0 radical (unpaired) electrons. The number of ether oxygens (including phenoxy) is 2. The maximum Gasteiger partial charge on any atom is 0.459 e. The maximum atomic E-state index is 13.6. The van der Waals surface area contributed by atoms with Crippen LogP contribution >= 0.6 is 7.75 Å². The first-order valence-electron chi connectivity index (χ1n) is 11.2. The van der Waals surface area contributed by atoms with Gasteiger partial charge in [-0.05, 0) is 39.8 Å². The molecular formula is C22H31N4O9P. The normalized spacial score (nSPS) is 26.4. The van der Waals surface area contributed by atoms with Crippen LogP contribution in [0.1, 0.15) is 33.9 Å². The second-order valence-corrected chi connectivity index (χ2v) is 10.6. The summed E-state index contributed by atoms with van der Waals surface area (Å²) in [5, 5.41) is 13.3. The number of carbonyl (C=O) groups excluding carboxylic acids is 1. The number of aliphatic hydroxyl groups excluding tert-OH is 1. The smallest absolute Gasteiger partial charge is 0.459 e. The third-order valence-electron chi connectivity index (χ3n) is 5.36. The molecule has 3 rings (SSSR count). The molecule has 0 bridgehead atoms. The molecule has 2 heterocycles. The summed E-state index contributed by atoms with van der Waals surface area (Å²) in [5.74, 6) is -0.471. The molecule has 1 aliphatic rings. The Kier molecular flexibility index (Phi) is 8.55. The molecule has 36 heavy (non-hydrogen) atoms. The average molecular weight is 526 g/mol. The number of hydrogen-bond donors (Lipinski definition) is 4. The number of aromatic nitrogens is 2. The van der Waals surface area contributed by atoms with Crippen molar-refractivity contribution in [3.05, 3.63) is 63.4 Å². The number of aromatic amines is 1. The molecule has 0 saturated carbocycles. The van der Waals surface area contributed by atoms with Gasteiger partial charge in [-0.3, -0.25) is 23.7 Å². The largest absolute Gasteiger partial charge is 0.462 e. The van der Waals surface area contributed by atoms with E-state index in [0.717, 1.165) is 10.6 Å². The molecule has 13 nitrogen and oxygen atoms in total. The molecule has 1 aromatic carbocycles. The monoisotopic (exact) mass is 526 g/mol. The summed E-state index contributed by atoms with van der Waals surface area (Å²) in [4.78, 5) is 38.0. The highest BCUT2D eigenvalue weighted by molar-refractivity contribution is 7.52. The molecule has 14 heteroatoms. The SMILES string of the molecule is CC(C)OC(=O)[C@H](C)NP(=O)(OC[C@H]1O[C@@H](n2ccc(=O)[nH]c2=O)C(C)(N)[C@@H]1O)Oc1ccccc1. The number of nitrogens with two attached hydrogens (primary N) is 1. The molecule has 1 saturated heterocycles. The van der Waals surface area contributed by atoms with Crippen LogP contribution in [0.5, 0.6) is 5.75 Å². The Balaban J connectivity index is 1.80. The van der Waals surface area contributed by atoms with Gasteiger partial charge in [-0.1, -0.05) is 18.2 Å². The molecule has 198 valence electrons. The van der Waals surface area contributed by atoms with E-state index in [2.05, 4.69) is 10.1 Å². The van der Waals surface area contributed by atoms with Gasteiger partial charge in [0, 0.05) is 12.3 Å². The third kappa shape index (κ3) is 6.49. The van der Waals surface area contributed by atoms with E-state index in [-0.39, 0.29) is 5.75 Å². The van der Waals surface area contributed by atoms with Gasteiger partial charge >= 0.3 is 19.4 Å². The fraction of sp³-hybridized carbons (Fsp3) is 0.500. The Bertz CT molecular complexity index is 1210. The van der Waals surface area contributed by atoms with E-state index < -0.39 is 67.7 Å². The van der Waals surface area contributed by atoms with Crippen LogP contribution in [0.3, 0.4) is 0 Å². The molecule has 0 aliphatic carbocycles. The predicted molar refractivity (Wildman–Crippen MR) is 128 cm³/mol. The molecule has 0 amide bonds. The molecule has 1 fully saturated rings. The van der Waals surface area contributed by atoms with Crippen LogP contribution in [0.4, 0.5) is 0 Å². The Labute approximate surface area is 207 Å². The van der Waals surface area contributed by atoms with Crippen LogP contribution in [0.25, 0.3) is 0 Å². The number of H-pyrrole nitrogens is 1. The number of carbonyl (C=O) groups is 1. The summed E-state index contributed by atoms with van der Waals surface area (Å²) in [7, 11) is -4.22. The lowest BCUT2D eigenvalue weighted by Crippen LogP contribution is -2.53. The van der Waals surface area contributed by atoms with Crippen LogP contribution in [0.2, 0.25) is 0 Å². The minimum atomic E-state index is -4.22. The van der Waals surface area contributed by atoms with Crippen molar-refractivity contribution in [3.8, 4) is 5.75 Å². The first-order valence-corrected chi connectivity index (χ1v) is 12.8. The highest BCUT2D eigenvalue weighted by Gasteiger charge is 2.52. The first-order chi connectivity index (χ1) is 16.8. The Morgan fingerprint density at radius 3 is 2.56 bits per heavy atom. The highest BCUT2D eigenvalue weighted by atomic mass is 31.2. The Morgan fingerprint density at radius 2 is 1.94 bits per heavy atom. The van der Waals surface area contributed by atoms with Crippen molar-refractivity contribution in [1.29, 1.82) is 0 Å². The lowest BCUT2D eigenvalue weighted by Gasteiger charge is -2.28. The lowest BCUT2D eigenvalue weighted by atomic mass is 9.93. The number of nitrogens with zero attached hydrogens (tertiary/aromatic N) is 1. The van der Waals surface area contributed by atoms with Gasteiger partial charge in [0.1, 0.15) is 24.0 Å². The zero-order valence-electron chi connectivity index (χ0n) is 20.3. The van der Waals surface area contributed by atoms with Gasteiger partial charge in [-0.2, -0.15) is 5.09 Å². The minimum absolute atomic E-state index is 0.201. The number of esters is 1. The molecular weight excluding hydrogens is 495 g/mol. The van der Waals surface area contributed by atoms with Crippen LogP contribution in [0, 0.1) is 0 Å². The number of hydrogen-bond acceptors (Lipinski definition) is 10. The van der Waals surface area contributed by atoms with Gasteiger partial charge in [0.25, 0.3) is 5.56 Å². The highest BCUT2D eigenvalue weighted by Crippen LogP contribution is 2.46. The fourth-order valence-electron chi connectivity index (χ4n) is 3.55. The number of nitrogens with one attached hydrogen (secondary N) is 2. The van der Waals surface area contributed by atoms with Crippen LogP contribution < -0.4 is 26.6 Å². The average Bonchev–Trinajstić information content (AvgIpc) is 3.01. The second-order valence-electron chi connectivity index (χ2n) is 8.89. The second kappa shape index (κ2) is 11.1. The van der Waals surface area contributed by atoms with Crippen molar-refractivity contribution >= 4 is 13.7 Å². The fourth-order valence-corrected chi connectivity index (χ4v) is 5.05. The van der Waals surface area contributed by atoms with Crippen molar-refractivity contribution in [3.63, 3.8) is 0 Å². The van der Waals surface area contributed by atoms with Crippen LogP contribution in [-0.4, -0.2) is 57.1 Å². The first kappa shape index (κ1) is 27.8. The Hall–Kier alpha value is -2.80. The van der Waals surface area contributed by atoms with Gasteiger partial charge in [0.2, 0.25) is 0 Å². The zero-order chi connectivity index (χ0) is 26.7. The summed E-state index contributed by atoms with van der Waals surface area (Å²) < 4.78 is 36.7. The van der Waals surface area contributed by atoms with Crippen molar-refractivity contribution in [2.24, 2.45) is 5.73 Å². The molecule has 2 aromatic rings. The van der Waals surface area contributed by atoms with E-state index in [4.69, 9.17) is 24.3 Å². The topological polar surface area (TPSA) is 184 Å². The lowest BCUT2D eigenvalue weighted by molar-refractivity contribution is -0.149. The number of benzene rings is 1. The van der Waals surface area contributed by atoms with Gasteiger partial charge in [-0.25, -0.2) is 9.36 Å². The van der Waals surface area contributed by atoms with Crippen molar-refractivity contribution < 1.29 is 33.0 Å². The van der Waals surface area contributed by atoms with E-state index in [0.29, 0.717) is 0 Å².